The zero-order valence-corrected chi connectivity index (χ0v) is 10.9. The van der Waals surface area contributed by atoms with Crippen LogP contribution < -0.4 is 0 Å². The van der Waals surface area contributed by atoms with Gasteiger partial charge in [-0.2, -0.15) is 0 Å². The molecule has 1 aliphatic heterocycles. The Morgan fingerprint density at radius 2 is 1.78 bits per heavy atom. The number of carbonyl (C=O) groups excluding carboxylic acids is 1. The molecule has 1 aromatic carbocycles. The highest BCUT2D eigenvalue weighted by molar-refractivity contribution is 6.33. The van der Waals surface area contributed by atoms with Gasteiger partial charge >= 0.3 is 5.97 Å². The topological polar surface area (TPSA) is 26.3 Å². The Kier molecular flexibility index (Phi) is 3.13. The lowest BCUT2D eigenvalue weighted by atomic mass is 9.88. The van der Waals surface area contributed by atoms with Gasteiger partial charge in [-0.3, -0.25) is 0 Å². The molecule has 2 aliphatic rings. The summed E-state index contributed by atoms with van der Waals surface area (Å²) < 4.78 is 5.36. The molecule has 2 nitrogen and oxygen atoms in total. The van der Waals surface area contributed by atoms with Crippen LogP contribution in [0.3, 0.4) is 0 Å². The van der Waals surface area contributed by atoms with Crippen molar-refractivity contribution in [2.75, 3.05) is 0 Å². The first-order valence-corrected chi connectivity index (χ1v) is 6.86. The third-order valence-corrected chi connectivity index (χ3v) is 4.25. The predicted molar refractivity (Wildman–Crippen MR) is 71.2 cm³/mol. The number of hydrogen-bond acceptors (Lipinski definition) is 2. The molecule has 0 amide bonds. The lowest BCUT2D eigenvalue weighted by Gasteiger charge is -2.21. The lowest BCUT2D eigenvalue weighted by molar-refractivity contribution is 0.0714. The second-order valence-electron chi connectivity index (χ2n) is 4.95. The third-order valence-electron chi connectivity index (χ3n) is 3.77. The summed E-state index contributed by atoms with van der Waals surface area (Å²) in [5.41, 5.74) is 1.47. The molecule has 3 heteroatoms. The highest BCUT2D eigenvalue weighted by Crippen LogP contribution is 2.40. The Bertz CT molecular complexity index is 513. The van der Waals surface area contributed by atoms with E-state index in [-0.39, 0.29) is 5.97 Å². The van der Waals surface area contributed by atoms with Gasteiger partial charge in [-0.25, -0.2) is 4.79 Å². The first-order chi connectivity index (χ1) is 8.77. The minimum Gasteiger partial charge on any atom is -0.421 e. The number of esters is 1. The predicted octanol–water partition coefficient (Wildman–Crippen LogP) is 4.34. The van der Waals surface area contributed by atoms with Gasteiger partial charge in [0.1, 0.15) is 0 Å². The van der Waals surface area contributed by atoms with Crippen molar-refractivity contribution in [3.63, 3.8) is 0 Å². The molecule has 1 heterocycles. The minimum absolute atomic E-state index is 0.283. The highest BCUT2D eigenvalue weighted by Gasteiger charge is 2.31. The molecule has 0 N–H and O–H groups in total. The van der Waals surface area contributed by atoms with Crippen molar-refractivity contribution >= 4 is 23.3 Å². The number of rotatable bonds is 1. The van der Waals surface area contributed by atoms with Crippen LogP contribution in [0.1, 0.15) is 48.0 Å². The molecule has 0 unspecified atom stereocenters. The standard InChI is InChI=1S/C15H15ClO2/c16-13(10-6-2-1-3-7-10)14-11-8-4-5-9-12(11)15(17)18-14/h4-5,8-10H,1-3,6-7H2/b14-13+. The van der Waals surface area contributed by atoms with Gasteiger partial charge in [0.2, 0.25) is 0 Å². The second kappa shape index (κ2) is 4.77. The summed E-state index contributed by atoms with van der Waals surface area (Å²) in [5, 5.41) is 0.730. The van der Waals surface area contributed by atoms with Gasteiger partial charge in [-0.1, -0.05) is 49.1 Å². The van der Waals surface area contributed by atoms with Gasteiger partial charge in [0.05, 0.1) is 10.6 Å². The van der Waals surface area contributed by atoms with E-state index in [1.54, 1.807) is 6.07 Å². The molecule has 1 aromatic rings. The van der Waals surface area contributed by atoms with E-state index in [1.807, 2.05) is 18.2 Å². The van der Waals surface area contributed by atoms with E-state index in [4.69, 9.17) is 16.3 Å². The Morgan fingerprint density at radius 1 is 1.11 bits per heavy atom. The van der Waals surface area contributed by atoms with Gasteiger partial charge in [-0.15, -0.1) is 0 Å². The number of ether oxygens (including phenoxy) is 1. The maximum atomic E-state index is 11.7. The fourth-order valence-corrected chi connectivity index (χ4v) is 3.14. The van der Waals surface area contributed by atoms with Crippen LogP contribution >= 0.6 is 11.6 Å². The second-order valence-corrected chi connectivity index (χ2v) is 5.35. The summed E-state index contributed by atoms with van der Waals surface area (Å²) >= 11 is 6.46. The smallest absolute Gasteiger partial charge is 0.344 e. The minimum atomic E-state index is -0.283. The number of fused-ring (bicyclic) bond motifs is 1. The SMILES string of the molecule is O=C1O/C(=C(/Cl)C2CCCCC2)c2ccccc21. The van der Waals surface area contributed by atoms with Crippen LogP contribution in [0.5, 0.6) is 0 Å². The normalized spacial score (nSPS) is 22.6. The molecular formula is C15H15ClO2. The molecule has 0 bridgehead atoms. The summed E-state index contributed by atoms with van der Waals surface area (Å²) in [5.74, 6) is 0.660. The van der Waals surface area contributed by atoms with E-state index in [9.17, 15) is 4.79 Å². The Labute approximate surface area is 112 Å². The summed E-state index contributed by atoms with van der Waals surface area (Å²) in [6.45, 7) is 0. The largest absolute Gasteiger partial charge is 0.421 e. The van der Waals surface area contributed by atoms with Crippen molar-refractivity contribution in [1.29, 1.82) is 0 Å². The molecular weight excluding hydrogens is 248 g/mol. The van der Waals surface area contributed by atoms with Crippen LogP contribution in [0.25, 0.3) is 5.76 Å². The summed E-state index contributed by atoms with van der Waals surface area (Å²) in [6, 6.07) is 7.44. The quantitative estimate of drug-likeness (QED) is 0.704. The molecule has 0 radical (unpaired) electrons. The van der Waals surface area contributed by atoms with Gasteiger partial charge < -0.3 is 4.74 Å². The summed E-state index contributed by atoms with van der Waals surface area (Å²) in [6.07, 6.45) is 5.91. The average molecular weight is 263 g/mol. The monoisotopic (exact) mass is 262 g/mol. The first kappa shape index (κ1) is 11.8. The number of hydrogen-bond donors (Lipinski definition) is 0. The number of allylic oxidation sites excluding steroid dienone is 1. The molecule has 1 fully saturated rings. The van der Waals surface area contributed by atoms with E-state index in [1.165, 1.54) is 19.3 Å². The molecule has 94 valence electrons. The maximum absolute atomic E-state index is 11.7. The number of benzene rings is 1. The van der Waals surface area contributed by atoms with E-state index < -0.39 is 0 Å². The van der Waals surface area contributed by atoms with Crippen molar-refractivity contribution in [3.05, 3.63) is 40.4 Å². The highest BCUT2D eigenvalue weighted by atomic mass is 35.5. The van der Waals surface area contributed by atoms with E-state index >= 15 is 0 Å². The van der Waals surface area contributed by atoms with Crippen LogP contribution in [0, 0.1) is 5.92 Å². The number of halogens is 1. The molecule has 0 spiro atoms. The third kappa shape index (κ3) is 1.95. The molecule has 1 saturated carbocycles. The van der Waals surface area contributed by atoms with Crippen molar-refractivity contribution in [3.8, 4) is 0 Å². The van der Waals surface area contributed by atoms with Gasteiger partial charge in [0.25, 0.3) is 0 Å². The first-order valence-electron chi connectivity index (χ1n) is 6.48. The van der Waals surface area contributed by atoms with Crippen LogP contribution in [-0.4, -0.2) is 5.97 Å². The van der Waals surface area contributed by atoms with Crippen molar-refractivity contribution < 1.29 is 9.53 Å². The Balaban J connectivity index is 1.99. The molecule has 0 atom stereocenters. The molecule has 0 saturated heterocycles. The van der Waals surface area contributed by atoms with E-state index in [0.29, 0.717) is 17.2 Å². The number of cyclic esters (lactones) is 1. The van der Waals surface area contributed by atoms with Gasteiger partial charge in [-0.05, 0) is 24.8 Å². The van der Waals surface area contributed by atoms with Crippen LogP contribution in [-0.2, 0) is 4.74 Å². The van der Waals surface area contributed by atoms with Crippen molar-refractivity contribution in [1.82, 2.24) is 0 Å². The Morgan fingerprint density at radius 3 is 2.50 bits per heavy atom. The van der Waals surface area contributed by atoms with Crippen LogP contribution in [0.15, 0.2) is 29.3 Å². The lowest BCUT2D eigenvalue weighted by Crippen LogP contribution is -2.08. The zero-order valence-electron chi connectivity index (χ0n) is 10.1. The fourth-order valence-electron chi connectivity index (χ4n) is 2.78. The van der Waals surface area contributed by atoms with E-state index in [2.05, 4.69) is 0 Å². The van der Waals surface area contributed by atoms with Crippen molar-refractivity contribution in [2.45, 2.75) is 32.1 Å². The van der Waals surface area contributed by atoms with E-state index in [0.717, 1.165) is 23.4 Å². The maximum Gasteiger partial charge on any atom is 0.344 e. The summed E-state index contributed by atoms with van der Waals surface area (Å²) in [7, 11) is 0. The Hall–Kier alpha value is -1.28. The molecule has 1 aliphatic carbocycles. The van der Waals surface area contributed by atoms with Gasteiger partial charge in [0, 0.05) is 5.56 Å². The fraction of sp³-hybridized carbons (Fsp3) is 0.400. The molecule has 0 aromatic heterocycles. The van der Waals surface area contributed by atoms with Gasteiger partial charge in [0.15, 0.2) is 5.76 Å². The summed E-state index contributed by atoms with van der Waals surface area (Å²) in [4.78, 5) is 11.7. The molecule has 18 heavy (non-hydrogen) atoms. The van der Waals surface area contributed by atoms with Crippen LogP contribution in [0.4, 0.5) is 0 Å². The van der Waals surface area contributed by atoms with Crippen molar-refractivity contribution in [2.24, 2.45) is 5.92 Å². The number of carbonyl (C=O) groups is 1. The molecule has 3 rings (SSSR count). The van der Waals surface area contributed by atoms with Crippen LogP contribution in [0.2, 0.25) is 0 Å². The average Bonchev–Trinajstić information content (AvgIpc) is 2.77. The zero-order chi connectivity index (χ0) is 12.5.